The SMILES string of the molecule is CN(CC(=O)NCCc1ccc(-n2cccn2)cc1)S(=O)(=O)c1ccc(Cl)s1. The second-order valence-corrected chi connectivity index (χ2v) is 10.0. The quantitative estimate of drug-likeness (QED) is 0.585. The molecule has 0 saturated heterocycles. The summed E-state index contributed by atoms with van der Waals surface area (Å²) in [6.45, 7) is 0.161. The van der Waals surface area contributed by atoms with Crippen LogP contribution < -0.4 is 5.32 Å². The van der Waals surface area contributed by atoms with Gasteiger partial charge >= 0.3 is 0 Å². The molecule has 0 aliphatic carbocycles. The van der Waals surface area contributed by atoms with E-state index in [1.54, 1.807) is 10.9 Å². The van der Waals surface area contributed by atoms with Crippen molar-refractivity contribution in [3.8, 4) is 5.69 Å². The molecule has 3 rings (SSSR count). The van der Waals surface area contributed by atoms with Gasteiger partial charge in [-0.3, -0.25) is 4.79 Å². The molecule has 1 N–H and O–H groups in total. The molecule has 148 valence electrons. The number of carbonyl (C=O) groups excluding carboxylic acids is 1. The number of likely N-dealkylation sites (N-methyl/N-ethyl adjacent to an activating group) is 1. The number of nitrogens with zero attached hydrogens (tertiary/aromatic N) is 3. The zero-order valence-electron chi connectivity index (χ0n) is 15.1. The van der Waals surface area contributed by atoms with E-state index in [1.165, 1.54) is 19.2 Å². The fraction of sp³-hybridized carbons (Fsp3) is 0.222. The molecule has 0 aliphatic rings. The fourth-order valence-corrected chi connectivity index (χ4v) is 5.34. The lowest BCUT2D eigenvalue weighted by Crippen LogP contribution is -2.38. The van der Waals surface area contributed by atoms with Crippen LogP contribution in [0.4, 0.5) is 0 Å². The molecule has 1 amide bonds. The molecule has 0 radical (unpaired) electrons. The summed E-state index contributed by atoms with van der Waals surface area (Å²) in [5.41, 5.74) is 2.02. The van der Waals surface area contributed by atoms with Crippen molar-refractivity contribution >= 4 is 38.9 Å². The minimum atomic E-state index is -3.72. The van der Waals surface area contributed by atoms with Crippen molar-refractivity contribution in [1.82, 2.24) is 19.4 Å². The van der Waals surface area contributed by atoms with Gasteiger partial charge in [0.05, 0.1) is 16.6 Å². The zero-order valence-corrected chi connectivity index (χ0v) is 17.5. The number of hydrogen-bond acceptors (Lipinski definition) is 5. The summed E-state index contributed by atoms with van der Waals surface area (Å²) < 4.78 is 28.1. The molecule has 2 heterocycles. The number of sulfonamides is 1. The van der Waals surface area contributed by atoms with E-state index in [0.29, 0.717) is 17.3 Å². The van der Waals surface area contributed by atoms with Gasteiger partial charge < -0.3 is 5.32 Å². The third-order valence-electron chi connectivity index (χ3n) is 4.02. The monoisotopic (exact) mass is 438 g/mol. The van der Waals surface area contributed by atoms with Crippen LogP contribution in [0.2, 0.25) is 4.34 Å². The minimum absolute atomic E-state index is 0.116. The van der Waals surface area contributed by atoms with E-state index in [-0.39, 0.29) is 16.7 Å². The van der Waals surface area contributed by atoms with Gasteiger partial charge in [-0.2, -0.15) is 9.40 Å². The Balaban J connectivity index is 1.48. The van der Waals surface area contributed by atoms with Gasteiger partial charge in [0.15, 0.2) is 0 Å². The van der Waals surface area contributed by atoms with Crippen molar-refractivity contribution in [2.75, 3.05) is 20.1 Å². The van der Waals surface area contributed by atoms with Crippen molar-refractivity contribution in [3.63, 3.8) is 0 Å². The summed E-state index contributed by atoms with van der Waals surface area (Å²) in [6, 6.07) is 12.7. The van der Waals surface area contributed by atoms with Gasteiger partial charge in [-0.1, -0.05) is 23.7 Å². The second-order valence-electron chi connectivity index (χ2n) is 6.04. The normalized spacial score (nSPS) is 11.7. The van der Waals surface area contributed by atoms with Gasteiger partial charge in [0.2, 0.25) is 5.91 Å². The van der Waals surface area contributed by atoms with E-state index in [1.807, 2.05) is 36.5 Å². The first kappa shape index (κ1) is 20.5. The zero-order chi connectivity index (χ0) is 20.1. The maximum atomic E-state index is 12.4. The predicted molar refractivity (Wildman–Crippen MR) is 109 cm³/mol. The molecule has 0 fully saturated rings. The third-order valence-corrected chi connectivity index (χ3v) is 7.52. The molecule has 0 aliphatic heterocycles. The molecular formula is C18H19ClN4O3S2. The van der Waals surface area contributed by atoms with Crippen molar-refractivity contribution in [1.29, 1.82) is 0 Å². The molecule has 0 atom stereocenters. The van der Waals surface area contributed by atoms with Crippen LogP contribution in [-0.2, 0) is 21.2 Å². The Hall–Kier alpha value is -2.20. The minimum Gasteiger partial charge on any atom is -0.355 e. The van der Waals surface area contributed by atoms with E-state index in [4.69, 9.17) is 11.6 Å². The van der Waals surface area contributed by atoms with Crippen molar-refractivity contribution < 1.29 is 13.2 Å². The molecule has 7 nitrogen and oxygen atoms in total. The lowest BCUT2D eigenvalue weighted by molar-refractivity contribution is -0.121. The van der Waals surface area contributed by atoms with Crippen LogP contribution in [-0.4, -0.2) is 48.5 Å². The number of thiophene rings is 1. The number of hydrogen-bond donors (Lipinski definition) is 1. The molecule has 0 unspecified atom stereocenters. The van der Waals surface area contributed by atoms with E-state index < -0.39 is 10.0 Å². The predicted octanol–water partition coefficient (Wildman–Crippen LogP) is 2.57. The van der Waals surface area contributed by atoms with Gasteiger partial charge in [0.1, 0.15) is 4.21 Å². The number of halogens is 1. The number of benzene rings is 1. The molecular weight excluding hydrogens is 420 g/mol. The Labute approximate surface area is 172 Å². The van der Waals surface area contributed by atoms with E-state index in [0.717, 1.165) is 26.9 Å². The molecule has 10 heteroatoms. The molecule has 3 aromatic rings. The Morgan fingerprint density at radius 2 is 2.00 bits per heavy atom. The van der Waals surface area contributed by atoms with Gasteiger partial charge in [-0.25, -0.2) is 13.1 Å². The van der Waals surface area contributed by atoms with Gasteiger partial charge in [-0.15, -0.1) is 11.3 Å². The van der Waals surface area contributed by atoms with Crippen molar-refractivity contribution in [3.05, 3.63) is 64.8 Å². The summed E-state index contributed by atoms with van der Waals surface area (Å²) in [5.74, 6) is -0.359. The highest BCUT2D eigenvalue weighted by molar-refractivity contribution is 7.91. The van der Waals surface area contributed by atoms with Crippen LogP contribution in [0.3, 0.4) is 0 Å². The van der Waals surface area contributed by atoms with Crippen molar-refractivity contribution in [2.45, 2.75) is 10.6 Å². The molecule has 2 aromatic heterocycles. The summed E-state index contributed by atoms with van der Waals surface area (Å²) in [6.07, 6.45) is 4.22. The first-order chi connectivity index (χ1) is 13.4. The summed E-state index contributed by atoms with van der Waals surface area (Å²) in [5, 5.41) is 6.92. The third kappa shape index (κ3) is 4.99. The summed E-state index contributed by atoms with van der Waals surface area (Å²) >= 11 is 6.76. The van der Waals surface area contributed by atoms with Crippen molar-refractivity contribution in [2.24, 2.45) is 0 Å². The van der Waals surface area contributed by atoms with Crippen LogP contribution >= 0.6 is 22.9 Å². The van der Waals surface area contributed by atoms with E-state index in [2.05, 4.69) is 10.4 Å². The lowest BCUT2D eigenvalue weighted by atomic mass is 10.1. The number of carbonyl (C=O) groups is 1. The van der Waals surface area contributed by atoms with Gasteiger partial charge in [0.25, 0.3) is 10.0 Å². The smallest absolute Gasteiger partial charge is 0.252 e. The molecule has 0 spiro atoms. The van der Waals surface area contributed by atoms with E-state index in [9.17, 15) is 13.2 Å². The highest BCUT2D eigenvalue weighted by atomic mass is 35.5. The molecule has 0 saturated carbocycles. The van der Waals surface area contributed by atoms with Crippen LogP contribution in [0.15, 0.2) is 59.1 Å². The number of amides is 1. The Morgan fingerprint density at radius 3 is 2.61 bits per heavy atom. The fourth-order valence-electron chi connectivity index (χ4n) is 2.52. The largest absolute Gasteiger partial charge is 0.355 e. The van der Waals surface area contributed by atoms with Crippen LogP contribution in [0, 0.1) is 0 Å². The average molecular weight is 439 g/mol. The highest BCUT2D eigenvalue weighted by Crippen LogP contribution is 2.27. The Kier molecular flexibility index (Phi) is 6.50. The number of aromatic nitrogens is 2. The molecule has 1 aromatic carbocycles. The van der Waals surface area contributed by atoms with Crippen LogP contribution in [0.25, 0.3) is 5.69 Å². The van der Waals surface area contributed by atoms with E-state index >= 15 is 0 Å². The maximum absolute atomic E-state index is 12.4. The maximum Gasteiger partial charge on any atom is 0.252 e. The molecule has 0 bridgehead atoms. The summed E-state index contributed by atoms with van der Waals surface area (Å²) in [4.78, 5) is 12.1. The topological polar surface area (TPSA) is 84.3 Å². The van der Waals surface area contributed by atoms with Crippen LogP contribution in [0.5, 0.6) is 0 Å². The summed E-state index contributed by atoms with van der Waals surface area (Å²) in [7, 11) is -2.35. The number of rotatable bonds is 8. The lowest BCUT2D eigenvalue weighted by Gasteiger charge is -2.15. The highest BCUT2D eigenvalue weighted by Gasteiger charge is 2.24. The second kappa shape index (κ2) is 8.87. The van der Waals surface area contributed by atoms with Crippen LogP contribution in [0.1, 0.15) is 5.56 Å². The first-order valence-corrected chi connectivity index (χ1v) is 11.1. The Morgan fingerprint density at radius 1 is 1.25 bits per heavy atom. The first-order valence-electron chi connectivity index (χ1n) is 8.43. The van der Waals surface area contributed by atoms with Gasteiger partial charge in [-0.05, 0) is 42.3 Å². The number of nitrogens with one attached hydrogen (secondary N) is 1. The molecule has 28 heavy (non-hydrogen) atoms. The van der Waals surface area contributed by atoms with Gasteiger partial charge in [0, 0.05) is 26.0 Å². The average Bonchev–Trinajstić information content (AvgIpc) is 3.34. The Bertz CT molecular complexity index is 1030. The standard InChI is InChI=1S/C18H19ClN4O3S2/c1-22(28(25,26)18-8-7-16(19)27-18)13-17(24)20-11-9-14-3-5-15(6-4-14)23-12-2-10-21-23/h2-8,10,12H,9,11,13H2,1H3,(H,20,24).